The summed E-state index contributed by atoms with van der Waals surface area (Å²) in [5.74, 6) is 0.893. The Kier molecular flexibility index (Phi) is 4.62. The molecular weight excluding hydrogens is 306 g/mol. The molecule has 1 aromatic heterocycles. The molecular formula is C19H15NO4. The quantitative estimate of drug-likeness (QED) is 0.559. The van der Waals surface area contributed by atoms with Crippen LogP contribution in [0.3, 0.4) is 0 Å². The fraction of sp³-hybridized carbons (Fsp3) is 0. The fourth-order valence-electron chi connectivity index (χ4n) is 1.98. The average Bonchev–Trinajstić information content (AvgIpc) is 2.98. The van der Waals surface area contributed by atoms with Crippen LogP contribution in [0.15, 0.2) is 83.3 Å². The first-order valence-electron chi connectivity index (χ1n) is 7.27. The smallest absolute Gasteiger partial charge is 0.400 e. The minimum absolute atomic E-state index is 0.0880. The molecule has 5 heteroatoms. The van der Waals surface area contributed by atoms with Crippen molar-refractivity contribution in [3.8, 4) is 23.3 Å². The van der Waals surface area contributed by atoms with E-state index in [-0.39, 0.29) is 17.6 Å². The maximum atomic E-state index is 8.65. The van der Waals surface area contributed by atoms with Gasteiger partial charge in [-0.2, -0.15) is 4.98 Å². The Labute approximate surface area is 138 Å². The van der Waals surface area contributed by atoms with Crippen LogP contribution in [-0.4, -0.2) is 15.2 Å². The van der Waals surface area contributed by atoms with Crippen molar-refractivity contribution in [1.29, 1.82) is 0 Å². The maximum Gasteiger partial charge on any atom is 0.400 e. The van der Waals surface area contributed by atoms with Crippen LogP contribution in [0.5, 0.6) is 23.3 Å². The highest BCUT2D eigenvalue weighted by atomic mass is 16.6. The third kappa shape index (κ3) is 4.04. The molecule has 24 heavy (non-hydrogen) atoms. The number of benzene rings is 3. The van der Waals surface area contributed by atoms with Gasteiger partial charge in [-0.1, -0.05) is 36.4 Å². The lowest BCUT2D eigenvalue weighted by molar-refractivity contribution is 0.343. The van der Waals surface area contributed by atoms with Gasteiger partial charge in [-0.15, -0.1) is 0 Å². The molecule has 2 N–H and O–H groups in total. The van der Waals surface area contributed by atoms with E-state index in [4.69, 9.17) is 19.4 Å². The van der Waals surface area contributed by atoms with Gasteiger partial charge in [0.25, 0.3) is 0 Å². The molecule has 0 aliphatic carbocycles. The third-order valence-corrected chi connectivity index (χ3v) is 3.05. The molecule has 0 bridgehead atoms. The van der Waals surface area contributed by atoms with Crippen LogP contribution in [0.1, 0.15) is 0 Å². The molecule has 0 amide bonds. The number of hydrogen-bond donors (Lipinski definition) is 2. The summed E-state index contributed by atoms with van der Waals surface area (Å²) in [4.78, 5) is 4.22. The highest BCUT2D eigenvalue weighted by Crippen LogP contribution is 2.24. The van der Waals surface area contributed by atoms with E-state index in [1.54, 1.807) is 6.07 Å². The Bertz CT molecular complexity index is 868. The minimum atomic E-state index is 0.0880. The molecule has 5 nitrogen and oxygen atoms in total. The number of para-hydroxylation sites is 3. The summed E-state index contributed by atoms with van der Waals surface area (Å²) in [6.45, 7) is 0. The Morgan fingerprint density at radius 2 is 1.42 bits per heavy atom. The highest BCUT2D eigenvalue weighted by molar-refractivity contribution is 5.72. The summed E-state index contributed by atoms with van der Waals surface area (Å²) >= 11 is 0. The van der Waals surface area contributed by atoms with E-state index in [2.05, 4.69) is 4.98 Å². The summed E-state index contributed by atoms with van der Waals surface area (Å²) in [7, 11) is 0. The number of aromatic hydroxyl groups is 2. The molecule has 0 aliphatic rings. The van der Waals surface area contributed by atoms with Crippen molar-refractivity contribution in [1.82, 2.24) is 4.98 Å². The molecule has 4 rings (SSSR count). The normalized spacial score (nSPS) is 10.0. The van der Waals surface area contributed by atoms with Gasteiger partial charge in [0.1, 0.15) is 22.8 Å². The first-order valence-corrected chi connectivity index (χ1v) is 7.27. The van der Waals surface area contributed by atoms with Gasteiger partial charge in [-0.05, 0) is 36.4 Å². The van der Waals surface area contributed by atoms with Crippen LogP contribution in [0.25, 0.3) is 11.1 Å². The van der Waals surface area contributed by atoms with E-state index in [0.29, 0.717) is 5.75 Å². The van der Waals surface area contributed by atoms with E-state index in [1.807, 2.05) is 54.6 Å². The molecule has 120 valence electrons. The SMILES string of the molecule is Oc1cccc(O)c1.c1ccc(Oc2nc3ccccc3o2)cc1. The molecule has 0 saturated carbocycles. The van der Waals surface area contributed by atoms with Crippen LogP contribution in [0, 0.1) is 0 Å². The van der Waals surface area contributed by atoms with Crippen LogP contribution in [-0.2, 0) is 0 Å². The van der Waals surface area contributed by atoms with Gasteiger partial charge in [0.05, 0.1) is 0 Å². The van der Waals surface area contributed by atoms with E-state index < -0.39 is 0 Å². The van der Waals surface area contributed by atoms with Gasteiger partial charge in [0.2, 0.25) is 0 Å². The molecule has 4 aromatic rings. The average molecular weight is 321 g/mol. The zero-order valence-electron chi connectivity index (χ0n) is 12.7. The Morgan fingerprint density at radius 1 is 0.750 bits per heavy atom. The number of rotatable bonds is 2. The predicted octanol–water partition coefficient (Wildman–Crippen LogP) is 4.72. The number of phenols is 2. The number of fused-ring (bicyclic) bond motifs is 1. The van der Waals surface area contributed by atoms with Crippen molar-refractivity contribution >= 4 is 11.1 Å². The minimum Gasteiger partial charge on any atom is -0.508 e. The van der Waals surface area contributed by atoms with Crippen LogP contribution >= 0.6 is 0 Å². The van der Waals surface area contributed by atoms with Crippen LogP contribution in [0.2, 0.25) is 0 Å². The molecule has 0 saturated heterocycles. The van der Waals surface area contributed by atoms with Crippen molar-refractivity contribution in [2.24, 2.45) is 0 Å². The Morgan fingerprint density at radius 3 is 2.04 bits per heavy atom. The number of nitrogens with zero attached hydrogens (tertiary/aromatic N) is 1. The maximum absolute atomic E-state index is 8.65. The zero-order valence-corrected chi connectivity index (χ0v) is 12.7. The number of phenolic OH excluding ortho intramolecular Hbond substituents is 2. The topological polar surface area (TPSA) is 75.7 Å². The first kappa shape index (κ1) is 15.4. The van der Waals surface area contributed by atoms with Crippen LogP contribution < -0.4 is 4.74 Å². The van der Waals surface area contributed by atoms with E-state index >= 15 is 0 Å². The van der Waals surface area contributed by atoms with Gasteiger partial charge in [0.15, 0.2) is 5.58 Å². The van der Waals surface area contributed by atoms with Gasteiger partial charge in [-0.3, -0.25) is 0 Å². The molecule has 0 radical (unpaired) electrons. The summed E-state index contributed by atoms with van der Waals surface area (Å²) in [5.41, 5.74) is 1.53. The van der Waals surface area contributed by atoms with Crippen molar-refractivity contribution < 1.29 is 19.4 Å². The largest absolute Gasteiger partial charge is 0.508 e. The molecule has 1 heterocycles. The molecule has 0 aliphatic heterocycles. The lowest BCUT2D eigenvalue weighted by Gasteiger charge is -1.97. The van der Waals surface area contributed by atoms with Gasteiger partial charge >= 0.3 is 6.08 Å². The third-order valence-electron chi connectivity index (χ3n) is 3.05. The van der Waals surface area contributed by atoms with E-state index in [1.165, 1.54) is 18.2 Å². The van der Waals surface area contributed by atoms with E-state index in [0.717, 1.165) is 11.1 Å². The second-order valence-electron chi connectivity index (χ2n) is 4.88. The van der Waals surface area contributed by atoms with Crippen LogP contribution in [0.4, 0.5) is 0 Å². The second-order valence-corrected chi connectivity index (χ2v) is 4.88. The van der Waals surface area contributed by atoms with Gasteiger partial charge < -0.3 is 19.4 Å². The summed E-state index contributed by atoms with van der Waals surface area (Å²) in [6.07, 6.45) is 0.271. The zero-order chi connectivity index (χ0) is 16.8. The summed E-state index contributed by atoms with van der Waals surface area (Å²) < 4.78 is 10.9. The number of oxazole rings is 1. The lowest BCUT2D eigenvalue weighted by atomic mass is 10.3. The molecule has 0 fully saturated rings. The van der Waals surface area contributed by atoms with Gasteiger partial charge in [-0.25, -0.2) is 0 Å². The highest BCUT2D eigenvalue weighted by Gasteiger charge is 2.06. The number of ether oxygens (including phenoxy) is 1. The fourth-order valence-corrected chi connectivity index (χ4v) is 1.98. The number of aromatic nitrogens is 1. The van der Waals surface area contributed by atoms with Crippen molar-refractivity contribution in [2.75, 3.05) is 0 Å². The molecule has 0 spiro atoms. The van der Waals surface area contributed by atoms with Crippen molar-refractivity contribution in [3.05, 3.63) is 78.9 Å². The lowest BCUT2D eigenvalue weighted by Crippen LogP contribution is -1.82. The van der Waals surface area contributed by atoms with Crippen molar-refractivity contribution in [2.45, 2.75) is 0 Å². The van der Waals surface area contributed by atoms with Crippen molar-refractivity contribution in [3.63, 3.8) is 0 Å². The summed E-state index contributed by atoms with van der Waals surface area (Å²) in [6, 6.07) is 22.9. The first-order chi connectivity index (χ1) is 11.7. The molecule has 0 unspecified atom stereocenters. The number of hydrogen-bond acceptors (Lipinski definition) is 5. The molecule has 3 aromatic carbocycles. The Hall–Kier alpha value is -3.47. The summed E-state index contributed by atoms with van der Waals surface area (Å²) in [5, 5.41) is 17.3. The monoisotopic (exact) mass is 321 g/mol. The Balaban J connectivity index is 0.000000179. The second kappa shape index (κ2) is 7.19. The standard InChI is InChI=1S/C13H9NO2.C6H6O2/c1-2-6-10(7-3-1)15-13-14-11-8-4-5-9-12(11)16-13;7-5-2-1-3-6(8)4-5/h1-9H;1-4,7-8H. The molecule has 0 atom stereocenters. The van der Waals surface area contributed by atoms with E-state index in [9.17, 15) is 0 Å². The predicted molar refractivity (Wildman–Crippen MR) is 90.3 cm³/mol. The van der Waals surface area contributed by atoms with Gasteiger partial charge in [0, 0.05) is 6.07 Å².